The summed E-state index contributed by atoms with van der Waals surface area (Å²) in [4.78, 5) is 12.1. The molecule has 5 heteroatoms. The molecule has 118 valence electrons. The Bertz CT molecular complexity index is 498. The number of rotatable bonds is 5. The number of hydrogen-bond acceptors (Lipinski definition) is 3. The van der Waals surface area contributed by atoms with Crippen molar-refractivity contribution >= 4 is 5.91 Å². The van der Waals surface area contributed by atoms with Crippen molar-refractivity contribution in [2.24, 2.45) is 0 Å². The maximum atomic E-state index is 13.4. The number of halogens is 1. The Morgan fingerprint density at radius 1 is 1.29 bits per heavy atom. The summed E-state index contributed by atoms with van der Waals surface area (Å²) in [5.41, 5.74) is 0.479. The van der Waals surface area contributed by atoms with E-state index < -0.39 is 6.10 Å². The summed E-state index contributed by atoms with van der Waals surface area (Å²) >= 11 is 0. The molecule has 21 heavy (non-hydrogen) atoms. The Balaban J connectivity index is 2.91. The van der Waals surface area contributed by atoms with Gasteiger partial charge in [0.25, 0.3) is 5.91 Å². The van der Waals surface area contributed by atoms with E-state index in [1.165, 1.54) is 12.1 Å². The molecule has 1 aromatic rings. The average Bonchev–Trinajstić information content (AvgIpc) is 2.36. The van der Waals surface area contributed by atoms with Crippen molar-refractivity contribution in [3.05, 3.63) is 29.6 Å². The Hall–Kier alpha value is -1.62. The smallest absolute Gasteiger partial charge is 0.261 e. The molecule has 1 amide bonds. The van der Waals surface area contributed by atoms with Gasteiger partial charge in [0.15, 0.2) is 6.10 Å². The molecule has 4 nitrogen and oxygen atoms in total. The zero-order chi connectivity index (χ0) is 16.2. The van der Waals surface area contributed by atoms with Crippen molar-refractivity contribution in [3.8, 4) is 5.75 Å². The minimum atomic E-state index is -0.700. The van der Waals surface area contributed by atoms with E-state index in [2.05, 4.69) is 10.6 Å². The van der Waals surface area contributed by atoms with Crippen molar-refractivity contribution in [2.75, 3.05) is 7.05 Å². The quantitative estimate of drug-likeness (QED) is 0.878. The van der Waals surface area contributed by atoms with E-state index >= 15 is 0 Å². The first-order valence-corrected chi connectivity index (χ1v) is 7.09. The van der Waals surface area contributed by atoms with Crippen LogP contribution in [0.3, 0.4) is 0 Å². The zero-order valence-corrected chi connectivity index (χ0v) is 13.6. The fourth-order valence-corrected chi connectivity index (χ4v) is 1.84. The van der Waals surface area contributed by atoms with Gasteiger partial charge < -0.3 is 15.4 Å². The molecule has 2 N–H and O–H groups in total. The van der Waals surface area contributed by atoms with Gasteiger partial charge in [0, 0.05) is 23.2 Å². The van der Waals surface area contributed by atoms with Gasteiger partial charge in [-0.15, -0.1) is 0 Å². The summed E-state index contributed by atoms with van der Waals surface area (Å²) in [6.45, 7) is 9.29. The lowest BCUT2D eigenvalue weighted by atomic mass is 10.1. The van der Waals surface area contributed by atoms with Gasteiger partial charge in [-0.1, -0.05) is 6.07 Å². The second kappa shape index (κ2) is 6.89. The fraction of sp³-hybridized carbons (Fsp3) is 0.562. The molecule has 0 bridgehead atoms. The lowest BCUT2D eigenvalue weighted by Gasteiger charge is -2.25. The van der Waals surface area contributed by atoms with Crippen LogP contribution in [0.5, 0.6) is 5.75 Å². The molecule has 0 saturated carbocycles. The van der Waals surface area contributed by atoms with Crippen LogP contribution in [0.4, 0.5) is 4.39 Å². The van der Waals surface area contributed by atoms with Crippen molar-refractivity contribution in [3.63, 3.8) is 0 Å². The topological polar surface area (TPSA) is 50.4 Å². The van der Waals surface area contributed by atoms with Crippen LogP contribution in [0, 0.1) is 5.82 Å². The van der Waals surface area contributed by atoms with Crippen molar-refractivity contribution in [1.29, 1.82) is 0 Å². The van der Waals surface area contributed by atoms with Gasteiger partial charge in [0.1, 0.15) is 11.6 Å². The van der Waals surface area contributed by atoms with E-state index in [0.29, 0.717) is 5.75 Å². The molecule has 0 aromatic heterocycles. The maximum absolute atomic E-state index is 13.4. The molecular formula is C16H25FN2O2. The first kappa shape index (κ1) is 17.4. The third kappa shape index (κ3) is 5.34. The van der Waals surface area contributed by atoms with E-state index in [1.54, 1.807) is 13.0 Å². The first-order valence-electron chi connectivity index (χ1n) is 7.09. The molecule has 1 aromatic carbocycles. The van der Waals surface area contributed by atoms with E-state index in [1.807, 2.05) is 34.7 Å². The molecule has 2 atom stereocenters. The highest BCUT2D eigenvalue weighted by Crippen LogP contribution is 2.27. The van der Waals surface area contributed by atoms with Gasteiger partial charge in [0.2, 0.25) is 0 Å². The van der Waals surface area contributed by atoms with Gasteiger partial charge in [0.05, 0.1) is 0 Å². The SMILES string of the molecule is CNC(C)c1ccc(F)cc1OC(C)C(=O)NC(C)(C)C. The van der Waals surface area contributed by atoms with Gasteiger partial charge >= 0.3 is 0 Å². The van der Waals surface area contributed by atoms with E-state index in [0.717, 1.165) is 5.56 Å². The van der Waals surface area contributed by atoms with Crippen molar-refractivity contribution < 1.29 is 13.9 Å². The van der Waals surface area contributed by atoms with Crippen LogP contribution >= 0.6 is 0 Å². The molecule has 0 aliphatic carbocycles. The molecule has 0 radical (unpaired) electrons. The monoisotopic (exact) mass is 296 g/mol. The Morgan fingerprint density at radius 2 is 1.90 bits per heavy atom. The normalized spacial score (nSPS) is 14.4. The van der Waals surface area contributed by atoms with Gasteiger partial charge in [-0.2, -0.15) is 0 Å². The van der Waals surface area contributed by atoms with Crippen molar-refractivity contribution in [1.82, 2.24) is 10.6 Å². The van der Waals surface area contributed by atoms with Crippen LogP contribution in [0.25, 0.3) is 0 Å². The number of ether oxygens (including phenoxy) is 1. The summed E-state index contributed by atoms with van der Waals surface area (Å²) < 4.78 is 19.1. The molecule has 0 aliphatic heterocycles. The minimum Gasteiger partial charge on any atom is -0.480 e. The van der Waals surface area contributed by atoms with Gasteiger partial charge in [-0.25, -0.2) is 4.39 Å². The predicted molar refractivity (Wildman–Crippen MR) is 81.9 cm³/mol. The number of carbonyl (C=O) groups is 1. The standard InChI is InChI=1S/C16H25FN2O2/c1-10(18-6)13-8-7-12(17)9-14(13)21-11(2)15(20)19-16(3,4)5/h7-11,18H,1-6H3,(H,19,20). The molecule has 0 spiro atoms. The summed E-state index contributed by atoms with van der Waals surface area (Å²) in [6, 6.07) is 4.36. The van der Waals surface area contributed by atoms with Crippen LogP contribution in [0.2, 0.25) is 0 Å². The Labute approximate surface area is 126 Å². The van der Waals surface area contributed by atoms with Gasteiger partial charge in [-0.3, -0.25) is 4.79 Å². The predicted octanol–water partition coefficient (Wildman–Crippen LogP) is 2.79. The highest BCUT2D eigenvalue weighted by Gasteiger charge is 2.22. The third-order valence-electron chi connectivity index (χ3n) is 3.05. The number of nitrogens with one attached hydrogen (secondary N) is 2. The molecule has 2 unspecified atom stereocenters. The maximum Gasteiger partial charge on any atom is 0.261 e. The van der Waals surface area contributed by atoms with Crippen LogP contribution in [0.1, 0.15) is 46.2 Å². The number of benzene rings is 1. The van der Waals surface area contributed by atoms with Crippen LogP contribution in [-0.4, -0.2) is 24.6 Å². The summed E-state index contributed by atoms with van der Waals surface area (Å²) in [7, 11) is 1.81. The Kier molecular flexibility index (Phi) is 5.72. The lowest BCUT2D eigenvalue weighted by molar-refractivity contribution is -0.128. The molecule has 0 fully saturated rings. The van der Waals surface area contributed by atoms with E-state index in [-0.39, 0.29) is 23.3 Å². The zero-order valence-electron chi connectivity index (χ0n) is 13.6. The number of amides is 1. The molecule has 0 aliphatic rings. The van der Waals surface area contributed by atoms with Crippen LogP contribution in [0.15, 0.2) is 18.2 Å². The molecular weight excluding hydrogens is 271 g/mol. The first-order chi connectivity index (χ1) is 9.64. The van der Waals surface area contributed by atoms with Crippen LogP contribution in [-0.2, 0) is 4.79 Å². The van der Waals surface area contributed by atoms with E-state index in [9.17, 15) is 9.18 Å². The summed E-state index contributed by atoms with van der Waals surface area (Å²) in [6.07, 6.45) is -0.700. The molecule has 0 saturated heterocycles. The third-order valence-corrected chi connectivity index (χ3v) is 3.05. The highest BCUT2D eigenvalue weighted by molar-refractivity contribution is 5.81. The number of carbonyl (C=O) groups excluding carboxylic acids is 1. The molecule has 0 heterocycles. The average molecular weight is 296 g/mol. The molecule has 1 rings (SSSR count). The lowest BCUT2D eigenvalue weighted by Crippen LogP contribution is -2.46. The fourth-order valence-electron chi connectivity index (χ4n) is 1.84. The van der Waals surface area contributed by atoms with Crippen LogP contribution < -0.4 is 15.4 Å². The second-order valence-corrected chi connectivity index (χ2v) is 6.19. The minimum absolute atomic E-state index is 0.00141. The van der Waals surface area contributed by atoms with Gasteiger partial charge in [-0.05, 0) is 47.7 Å². The van der Waals surface area contributed by atoms with Crippen molar-refractivity contribution in [2.45, 2.75) is 52.3 Å². The summed E-state index contributed by atoms with van der Waals surface area (Å²) in [5.74, 6) is -0.233. The highest BCUT2D eigenvalue weighted by atomic mass is 19.1. The Morgan fingerprint density at radius 3 is 2.43 bits per heavy atom. The van der Waals surface area contributed by atoms with E-state index in [4.69, 9.17) is 4.74 Å². The number of hydrogen-bond donors (Lipinski definition) is 2. The largest absolute Gasteiger partial charge is 0.480 e. The second-order valence-electron chi connectivity index (χ2n) is 6.19. The summed E-state index contributed by atoms with van der Waals surface area (Å²) in [5, 5.41) is 5.92.